The summed E-state index contributed by atoms with van der Waals surface area (Å²) in [7, 11) is 1.58. The predicted molar refractivity (Wildman–Crippen MR) is 84.6 cm³/mol. The minimum Gasteiger partial charge on any atom is -0.504 e. The number of nitrogens with one attached hydrogen (secondary N) is 1. The van der Waals surface area contributed by atoms with Gasteiger partial charge in [0.2, 0.25) is 0 Å². The molecule has 0 fully saturated rings. The Kier molecular flexibility index (Phi) is 5.17. The number of ether oxygens (including phenoxy) is 2. The van der Waals surface area contributed by atoms with Crippen molar-refractivity contribution in [2.75, 3.05) is 19.0 Å². The Morgan fingerprint density at radius 1 is 1.14 bits per heavy atom. The van der Waals surface area contributed by atoms with Gasteiger partial charge in [-0.1, -0.05) is 17.7 Å². The van der Waals surface area contributed by atoms with Crippen molar-refractivity contribution >= 4 is 17.3 Å². The molecule has 0 heterocycles. The first kappa shape index (κ1) is 15.3. The Hall–Kier alpha value is -2.07. The van der Waals surface area contributed by atoms with Gasteiger partial charge < -0.3 is 19.9 Å². The highest BCUT2D eigenvalue weighted by molar-refractivity contribution is 6.32. The summed E-state index contributed by atoms with van der Waals surface area (Å²) >= 11 is 5.99. The fraction of sp³-hybridized carbons (Fsp3) is 0.250. The zero-order chi connectivity index (χ0) is 15.2. The molecule has 0 saturated carbocycles. The van der Waals surface area contributed by atoms with Crippen LogP contribution in [0.15, 0.2) is 36.4 Å². The number of hydrogen-bond acceptors (Lipinski definition) is 4. The lowest BCUT2D eigenvalue weighted by Gasteiger charge is -2.11. The van der Waals surface area contributed by atoms with Crippen LogP contribution < -0.4 is 14.8 Å². The molecule has 0 radical (unpaired) electrons. The highest BCUT2D eigenvalue weighted by atomic mass is 35.5. The molecule has 2 aromatic rings. The van der Waals surface area contributed by atoms with Gasteiger partial charge in [-0.15, -0.1) is 0 Å². The number of halogens is 1. The number of benzene rings is 2. The minimum atomic E-state index is 0.147. The Labute approximate surface area is 129 Å². The molecule has 5 heteroatoms. The van der Waals surface area contributed by atoms with Crippen LogP contribution in [0, 0.1) is 0 Å². The molecule has 0 saturated heterocycles. The summed E-state index contributed by atoms with van der Waals surface area (Å²) in [6.45, 7) is 2.99. The van der Waals surface area contributed by atoms with Gasteiger partial charge in [0.1, 0.15) is 5.75 Å². The Bertz CT molecular complexity index is 616. The molecule has 2 N–H and O–H groups in total. The maximum absolute atomic E-state index is 9.67. The molecule has 2 aromatic carbocycles. The molecule has 0 atom stereocenters. The SMILES string of the molecule is CCOc1cc(CNc2ccc(Cl)c(OC)c2)ccc1O. The summed E-state index contributed by atoms with van der Waals surface area (Å²) in [5.41, 5.74) is 1.91. The van der Waals surface area contributed by atoms with Crippen molar-refractivity contribution in [3.05, 3.63) is 47.0 Å². The van der Waals surface area contributed by atoms with E-state index in [2.05, 4.69) is 5.32 Å². The first-order chi connectivity index (χ1) is 10.1. The molecule has 0 aromatic heterocycles. The zero-order valence-corrected chi connectivity index (χ0v) is 12.8. The van der Waals surface area contributed by atoms with E-state index >= 15 is 0 Å². The van der Waals surface area contributed by atoms with Gasteiger partial charge in [-0.25, -0.2) is 0 Å². The van der Waals surface area contributed by atoms with Crippen LogP contribution in [0.1, 0.15) is 12.5 Å². The molecule has 0 bridgehead atoms. The average molecular weight is 308 g/mol. The number of aromatic hydroxyl groups is 1. The van der Waals surface area contributed by atoms with Crippen molar-refractivity contribution in [1.82, 2.24) is 0 Å². The molecular weight excluding hydrogens is 290 g/mol. The van der Waals surface area contributed by atoms with E-state index in [-0.39, 0.29) is 5.75 Å². The molecular formula is C16H18ClNO3. The second-order valence-electron chi connectivity index (χ2n) is 4.44. The number of hydrogen-bond donors (Lipinski definition) is 2. The smallest absolute Gasteiger partial charge is 0.161 e. The molecule has 0 aliphatic carbocycles. The zero-order valence-electron chi connectivity index (χ0n) is 12.0. The van der Waals surface area contributed by atoms with Gasteiger partial charge in [0, 0.05) is 18.3 Å². The lowest BCUT2D eigenvalue weighted by Crippen LogP contribution is -2.01. The van der Waals surface area contributed by atoms with Gasteiger partial charge in [-0.3, -0.25) is 0 Å². The summed E-state index contributed by atoms with van der Waals surface area (Å²) < 4.78 is 10.5. The van der Waals surface area contributed by atoms with Crippen LogP contribution >= 0.6 is 11.6 Å². The third-order valence-electron chi connectivity index (χ3n) is 2.97. The number of phenols is 1. The monoisotopic (exact) mass is 307 g/mol. The number of anilines is 1. The van der Waals surface area contributed by atoms with Gasteiger partial charge in [0.25, 0.3) is 0 Å². The van der Waals surface area contributed by atoms with Crippen molar-refractivity contribution in [2.24, 2.45) is 0 Å². The van der Waals surface area contributed by atoms with Crippen LogP contribution in [0.2, 0.25) is 5.02 Å². The van der Waals surface area contributed by atoms with Crippen molar-refractivity contribution in [1.29, 1.82) is 0 Å². The number of methoxy groups -OCH3 is 1. The van der Waals surface area contributed by atoms with Crippen LogP contribution in [0.4, 0.5) is 5.69 Å². The van der Waals surface area contributed by atoms with E-state index in [9.17, 15) is 5.11 Å². The molecule has 0 aliphatic rings. The van der Waals surface area contributed by atoms with Gasteiger partial charge in [-0.2, -0.15) is 0 Å². The maximum atomic E-state index is 9.67. The summed E-state index contributed by atoms with van der Waals surface area (Å²) in [5, 5.41) is 13.5. The van der Waals surface area contributed by atoms with E-state index in [1.807, 2.05) is 31.2 Å². The molecule has 0 unspecified atom stereocenters. The molecule has 4 nitrogen and oxygen atoms in total. The van der Waals surface area contributed by atoms with E-state index in [1.54, 1.807) is 19.2 Å². The van der Waals surface area contributed by atoms with Gasteiger partial charge in [-0.05, 0) is 36.8 Å². The third-order valence-corrected chi connectivity index (χ3v) is 3.28. The third kappa shape index (κ3) is 3.95. The summed E-state index contributed by atoms with van der Waals surface area (Å²) in [6.07, 6.45) is 0. The number of phenolic OH excluding ortho intramolecular Hbond substituents is 1. The second kappa shape index (κ2) is 7.09. The predicted octanol–water partition coefficient (Wildman–Crippen LogP) is 4.07. The van der Waals surface area contributed by atoms with E-state index in [0.717, 1.165) is 11.3 Å². The minimum absolute atomic E-state index is 0.147. The van der Waals surface area contributed by atoms with E-state index in [4.69, 9.17) is 21.1 Å². The quantitative estimate of drug-likeness (QED) is 0.845. The van der Waals surface area contributed by atoms with E-state index in [1.165, 1.54) is 0 Å². The fourth-order valence-electron chi connectivity index (χ4n) is 1.91. The van der Waals surface area contributed by atoms with E-state index < -0.39 is 0 Å². The van der Waals surface area contributed by atoms with Crippen molar-refractivity contribution < 1.29 is 14.6 Å². The van der Waals surface area contributed by atoms with Crippen LogP contribution in [-0.4, -0.2) is 18.8 Å². The second-order valence-corrected chi connectivity index (χ2v) is 4.85. The molecule has 0 amide bonds. The van der Waals surface area contributed by atoms with Crippen LogP contribution in [0.5, 0.6) is 17.2 Å². The van der Waals surface area contributed by atoms with Gasteiger partial charge >= 0.3 is 0 Å². The highest BCUT2D eigenvalue weighted by Gasteiger charge is 2.05. The molecule has 2 rings (SSSR count). The van der Waals surface area contributed by atoms with Crippen LogP contribution in [0.3, 0.4) is 0 Å². The lowest BCUT2D eigenvalue weighted by atomic mass is 10.2. The summed E-state index contributed by atoms with van der Waals surface area (Å²) in [5.74, 6) is 1.27. The first-order valence-corrected chi connectivity index (χ1v) is 7.04. The normalized spacial score (nSPS) is 10.2. The summed E-state index contributed by atoms with van der Waals surface area (Å²) in [4.78, 5) is 0. The van der Waals surface area contributed by atoms with Crippen LogP contribution in [-0.2, 0) is 6.54 Å². The molecule has 112 valence electrons. The van der Waals surface area contributed by atoms with Gasteiger partial charge in [0.05, 0.1) is 18.7 Å². The summed E-state index contributed by atoms with van der Waals surface area (Å²) in [6, 6.07) is 10.8. The molecule has 21 heavy (non-hydrogen) atoms. The fourth-order valence-corrected chi connectivity index (χ4v) is 2.11. The maximum Gasteiger partial charge on any atom is 0.161 e. The van der Waals surface area contributed by atoms with E-state index in [0.29, 0.717) is 29.7 Å². The highest BCUT2D eigenvalue weighted by Crippen LogP contribution is 2.29. The Balaban J connectivity index is 2.07. The molecule has 0 spiro atoms. The van der Waals surface area contributed by atoms with Gasteiger partial charge in [0.15, 0.2) is 11.5 Å². The Morgan fingerprint density at radius 2 is 1.95 bits per heavy atom. The van der Waals surface area contributed by atoms with Crippen molar-refractivity contribution in [2.45, 2.75) is 13.5 Å². The van der Waals surface area contributed by atoms with Crippen LogP contribution in [0.25, 0.3) is 0 Å². The van der Waals surface area contributed by atoms with Crippen molar-refractivity contribution in [3.63, 3.8) is 0 Å². The first-order valence-electron chi connectivity index (χ1n) is 6.66. The Morgan fingerprint density at radius 3 is 2.67 bits per heavy atom. The number of rotatable bonds is 6. The lowest BCUT2D eigenvalue weighted by molar-refractivity contribution is 0.318. The van der Waals surface area contributed by atoms with Crippen molar-refractivity contribution in [3.8, 4) is 17.2 Å². The molecule has 0 aliphatic heterocycles. The average Bonchev–Trinajstić information content (AvgIpc) is 2.49. The largest absolute Gasteiger partial charge is 0.504 e. The standard InChI is InChI=1S/C16H18ClNO3/c1-3-21-16-8-11(4-7-14(16)19)10-18-12-5-6-13(17)15(9-12)20-2/h4-9,18-19H,3,10H2,1-2H3. The topological polar surface area (TPSA) is 50.7 Å².